The summed E-state index contributed by atoms with van der Waals surface area (Å²) in [6.45, 7) is 5.01. The molecule has 1 aliphatic heterocycles. The van der Waals surface area contributed by atoms with Crippen molar-refractivity contribution < 1.29 is 49.0 Å². The van der Waals surface area contributed by atoms with Gasteiger partial charge in [-0.1, -0.05) is 32.0 Å². The van der Waals surface area contributed by atoms with Gasteiger partial charge < -0.3 is 35.0 Å². The van der Waals surface area contributed by atoms with Crippen molar-refractivity contribution in [2.45, 2.75) is 76.4 Å². The van der Waals surface area contributed by atoms with E-state index in [9.17, 15) is 39.5 Å². The van der Waals surface area contributed by atoms with E-state index in [1.807, 2.05) is 0 Å². The number of H-pyrrole nitrogens is 1. The molecule has 2 heterocycles. The smallest absolute Gasteiger partial charge is 0.327 e. The predicted molar refractivity (Wildman–Crippen MR) is 131 cm³/mol. The minimum atomic E-state index is -3.83. The van der Waals surface area contributed by atoms with Crippen molar-refractivity contribution in [1.82, 2.24) is 15.1 Å². The molecular weight excluding hydrogens is 509 g/mol. The lowest BCUT2D eigenvalue weighted by atomic mass is 10.00. The van der Waals surface area contributed by atoms with E-state index in [1.54, 1.807) is 44.3 Å². The van der Waals surface area contributed by atoms with E-state index >= 15 is 0 Å². The number of carboxylic acids is 1. The van der Waals surface area contributed by atoms with Gasteiger partial charge in [-0.15, -0.1) is 0 Å². The highest BCUT2D eigenvalue weighted by Crippen LogP contribution is 2.31. The van der Waals surface area contributed by atoms with Crippen LogP contribution in [0.25, 0.3) is 10.9 Å². The number of ether oxygens (including phenoxy) is 1. The van der Waals surface area contributed by atoms with Crippen LogP contribution in [0.1, 0.15) is 32.8 Å². The summed E-state index contributed by atoms with van der Waals surface area (Å²) < 4.78 is 18.2. The standard InChI is InChI=1S/C23H34N3O10P/c1-11(2)8-16(25-36-23-20(29)19(28)18(27)12(3)35-23)21(30)26(37(33)34)17(22(31)32)9-13-10-24-15-7-5-4-6-14(13)15/h4-7,10-12,16-20,23-25,27-29,37H,8-9H2,1-3H3,(H,31,32)(H,33,34)/t12-,16-,17-,18-,19+,20+,23?/m0/s1. The highest BCUT2D eigenvalue weighted by atomic mass is 31.1. The molecule has 3 rings (SSSR count). The first kappa shape index (κ1) is 29.2. The second-order valence-corrected chi connectivity index (χ2v) is 10.6. The van der Waals surface area contributed by atoms with E-state index in [-0.39, 0.29) is 18.8 Å². The molecular formula is C23H34N3O10P. The largest absolute Gasteiger partial charge is 0.480 e. The monoisotopic (exact) mass is 543 g/mol. The van der Waals surface area contributed by atoms with Gasteiger partial charge in [-0.2, -0.15) is 5.48 Å². The maximum absolute atomic E-state index is 13.5. The number of para-hydroxylation sites is 1. The zero-order valence-electron chi connectivity index (χ0n) is 20.6. The first-order chi connectivity index (χ1) is 17.4. The van der Waals surface area contributed by atoms with Gasteiger partial charge in [-0.25, -0.2) is 4.79 Å². The van der Waals surface area contributed by atoms with Gasteiger partial charge in [0.2, 0.25) is 12.2 Å². The van der Waals surface area contributed by atoms with E-state index in [0.717, 1.165) is 10.9 Å². The Morgan fingerprint density at radius 1 is 1.19 bits per heavy atom. The van der Waals surface area contributed by atoms with Crippen molar-refractivity contribution in [2.75, 3.05) is 0 Å². The number of hydroxylamine groups is 1. The number of nitrogens with one attached hydrogen (secondary N) is 2. The van der Waals surface area contributed by atoms with Crippen LogP contribution in [0.2, 0.25) is 0 Å². The number of rotatable bonds is 11. The number of aliphatic carboxylic acids is 1. The molecule has 2 unspecified atom stereocenters. The molecule has 0 radical (unpaired) electrons. The van der Waals surface area contributed by atoms with Gasteiger partial charge >= 0.3 is 5.97 Å². The van der Waals surface area contributed by atoms with Gasteiger partial charge in [0, 0.05) is 23.5 Å². The number of amides is 1. The minimum Gasteiger partial charge on any atom is -0.480 e. The maximum atomic E-state index is 13.5. The topological polar surface area (TPSA) is 202 Å². The maximum Gasteiger partial charge on any atom is 0.327 e. The fourth-order valence-corrected chi connectivity index (χ4v) is 5.09. The summed E-state index contributed by atoms with van der Waals surface area (Å²) in [7, 11) is -3.83. The average molecular weight is 544 g/mol. The number of carboxylic acid groups (broad SMARTS) is 1. The lowest BCUT2D eigenvalue weighted by Gasteiger charge is -2.39. The van der Waals surface area contributed by atoms with E-state index in [2.05, 4.69) is 10.5 Å². The van der Waals surface area contributed by atoms with Crippen LogP contribution in [0.15, 0.2) is 30.5 Å². The molecule has 1 aromatic heterocycles. The summed E-state index contributed by atoms with van der Waals surface area (Å²) in [5.41, 5.74) is 3.72. The Labute approximate surface area is 213 Å². The minimum absolute atomic E-state index is 0.0768. The fourth-order valence-electron chi connectivity index (χ4n) is 4.28. The first-order valence-corrected chi connectivity index (χ1v) is 13.2. The van der Waals surface area contributed by atoms with Crippen LogP contribution in [0.3, 0.4) is 0 Å². The third-order valence-electron chi connectivity index (χ3n) is 6.27. The molecule has 0 saturated carbocycles. The molecule has 13 nitrogen and oxygen atoms in total. The van der Waals surface area contributed by atoms with Gasteiger partial charge in [-0.3, -0.25) is 18.9 Å². The normalized spacial score (nSPS) is 26.6. The van der Waals surface area contributed by atoms with Crippen LogP contribution in [0.5, 0.6) is 0 Å². The van der Waals surface area contributed by atoms with Gasteiger partial charge in [0.1, 0.15) is 30.4 Å². The Morgan fingerprint density at radius 2 is 1.86 bits per heavy atom. The molecule has 1 aromatic carbocycles. The van der Waals surface area contributed by atoms with E-state index < -0.39 is 62.8 Å². The number of carbonyl (C=O) groups excluding carboxylic acids is 1. The van der Waals surface area contributed by atoms with Crippen LogP contribution in [0.4, 0.5) is 0 Å². The number of aliphatic hydroxyl groups is 3. The lowest BCUT2D eigenvalue weighted by Crippen LogP contribution is -2.59. The van der Waals surface area contributed by atoms with E-state index in [1.165, 1.54) is 6.92 Å². The summed E-state index contributed by atoms with van der Waals surface area (Å²) in [6, 6.07) is 4.19. The van der Waals surface area contributed by atoms with Crippen LogP contribution in [-0.4, -0.2) is 89.6 Å². The van der Waals surface area contributed by atoms with Gasteiger partial charge in [-0.05, 0) is 30.9 Å². The second-order valence-electron chi connectivity index (χ2n) is 9.51. The number of nitrogens with zero attached hydrogens (tertiary/aromatic N) is 1. The average Bonchev–Trinajstić information content (AvgIpc) is 3.25. The highest BCUT2D eigenvalue weighted by Gasteiger charge is 2.44. The predicted octanol–water partition coefficient (Wildman–Crippen LogP) is 0.138. The summed E-state index contributed by atoms with van der Waals surface area (Å²) >= 11 is 0. The molecule has 2 aromatic rings. The molecule has 37 heavy (non-hydrogen) atoms. The van der Waals surface area contributed by atoms with Gasteiger partial charge in [0.15, 0.2) is 0 Å². The summed E-state index contributed by atoms with van der Waals surface area (Å²) in [5, 5.41) is 40.7. The number of carbonyl (C=O) groups is 2. The number of aromatic amines is 1. The number of fused-ring (bicyclic) bond motifs is 1. The number of hydrogen-bond acceptors (Lipinski definition) is 9. The summed E-state index contributed by atoms with van der Waals surface area (Å²) in [4.78, 5) is 44.1. The zero-order valence-corrected chi connectivity index (χ0v) is 21.6. The van der Waals surface area contributed by atoms with Crippen molar-refractivity contribution in [1.29, 1.82) is 0 Å². The third kappa shape index (κ3) is 6.75. The van der Waals surface area contributed by atoms with Crippen molar-refractivity contribution in [2.24, 2.45) is 5.92 Å². The quantitative estimate of drug-likeness (QED) is 0.150. The zero-order chi connectivity index (χ0) is 27.4. The van der Waals surface area contributed by atoms with Crippen LogP contribution in [0, 0.1) is 5.92 Å². The Kier molecular flexibility index (Phi) is 9.84. The van der Waals surface area contributed by atoms with Crippen molar-refractivity contribution in [3.63, 3.8) is 0 Å². The molecule has 0 spiro atoms. The van der Waals surface area contributed by atoms with Crippen LogP contribution < -0.4 is 5.48 Å². The lowest BCUT2D eigenvalue weighted by molar-refractivity contribution is -0.311. The molecule has 206 valence electrons. The molecule has 0 bridgehead atoms. The second kappa shape index (κ2) is 12.5. The SMILES string of the molecule is CC(C)C[C@H](NOC1O[C@@H](C)[C@H](O)[C@@H](O)[C@H]1O)C(=O)N([C@@H](Cc1c[nH]c2ccccc12)C(=O)O)[PH](=O)O. The molecule has 1 aliphatic rings. The molecule has 0 aliphatic carbocycles. The first-order valence-electron chi connectivity index (χ1n) is 11.9. The number of benzene rings is 1. The van der Waals surface area contributed by atoms with E-state index in [0.29, 0.717) is 10.2 Å². The van der Waals surface area contributed by atoms with Gasteiger partial charge in [0.25, 0.3) is 8.18 Å². The summed E-state index contributed by atoms with van der Waals surface area (Å²) in [6.07, 6.45) is -5.54. The Morgan fingerprint density at radius 3 is 2.49 bits per heavy atom. The molecule has 1 fully saturated rings. The fraction of sp³-hybridized carbons (Fsp3) is 0.565. The van der Waals surface area contributed by atoms with Crippen LogP contribution in [-0.2, 0) is 30.1 Å². The summed E-state index contributed by atoms with van der Waals surface area (Å²) in [5.74, 6) is -2.59. The molecule has 1 amide bonds. The van der Waals surface area contributed by atoms with Gasteiger partial charge in [0.05, 0.1) is 6.10 Å². The van der Waals surface area contributed by atoms with Crippen LogP contribution >= 0.6 is 8.18 Å². The molecule has 14 heteroatoms. The van der Waals surface area contributed by atoms with Crippen molar-refractivity contribution in [3.05, 3.63) is 36.0 Å². The van der Waals surface area contributed by atoms with E-state index in [4.69, 9.17) is 9.57 Å². The highest BCUT2D eigenvalue weighted by molar-refractivity contribution is 7.36. The number of hydrogen-bond donors (Lipinski definition) is 7. The molecule has 1 saturated heterocycles. The Hall–Kier alpha value is -2.35. The molecule has 7 N–H and O–H groups in total. The third-order valence-corrected chi connectivity index (χ3v) is 7.21. The number of aromatic nitrogens is 1. The Bertz CT molecular complexity index is 1110. The van der Waals surface area contributed by atoms with Crippen molar-refractivity contribution in [3.8, 4) is 0 Å². The molecule has 8 atom stereocenters. The Balaban J connectivity index is 1.83. The van der Waals surface area contributed by atoms with Crippen molar-refractivity contribution >= 4 is 31.0 Å². The number of aliphatic hydroxyl groups excluding tert-OH is 3.